The maximum Gasteiger partial charge on any atom is 0.490 e. The van der Waals surface area contributed by atoms with Crippen LogP contribution in [0.5, 0.6) is 0 Å². The molecule has 0 saturated carbocycles. The lowest BCUT2D eigenvalue weighted by atomic mass is 9.89. The van der Waals surface area contributed by atoms with Gasteiger partial charge in [-0.3, -0.25) is 19.6 Å². The zero-order valence-electron chi connectivity index (χ0n) is 42.9. The molecule has 24 heteroatoms. The van der Waals surface area contributed by atoms with Crippen LogP contribution in [0.2, 0.25) is 10.0 Å². The molecule has 2 aromatic rings. The summed E-state index contributed by atoms with van der Waals surface area (Å²) in [5.41, 5.74) is -1.19. The summed E-state index contributed by atoms with van der Waals surface area (Å²) in [5.74, 6) is -0.907. The lowest BCUT2D eigenvalue weighted by Gasteiger charge is -2.35. The maximum atomic E-state index is 13.0. The highest BCUT2D eigenvalue weighted by Gasteiger charge is 2.50. The van der Waals surface area contributed by atoms with E-state index in [0.717, 1.165) is 82.8 Å². The fourth-order valence-corrected chi connectivity index (χ4v) is 12.7. The number of piperidine rings is 4. The number of nitrogens with zero attached hydrogens (tertiary/aromatic N) is 5. The molecule has 0 radical (unpaired) electrons. The van der Waals surface area contributed by atoms with Crippen LogP contribution in [0, 0.1) is 22.7 Å². The number of aldehydes is 1. The van der Waals surface area contributed by atoms with Crippen molar-refractivity contribution in [1.82, 2.24) is 29.5 Å². The number of halogens is 5. The molecule has 8 rings (SSSR count). The molecule has 2 spiro atoms. The molecule has 6 aliphatic heterocycles. The number of alkyl halides is 3. The van der Waals surface area contributed by atoms with Crippen LogP contribution in [0.3, 0.4) is 0 Å². The van der Waals surface area contributed by atoms with Crippen LogP contribution in [-0.2, 0) is 39.2 Å². The van der Waals surface area contributed by atoms with Gasteiger partial charge in [0.05, 0.1) is 9.79 Å². The fraction of sp³-hybridized carbons (Fsp3) is 0.640. The number of benzene rings is 2. The SMILES string of the molecule is CC(C)(C)CC=O.CC(C)(C)CCN1CCCC(C2=NC3(CCN(S(=O)(=O)c4cccc(Cl)c4)CC3)C(=O)N2)C1.O=C(O)C(F)(F)F.O=C1NC(C2CCCNC2)=NC12CCN(S(=O)(=O)c1cccc(Cl)c1)CC2. The van der Waals surface area contributed by atoms with Crippen molar-refractivity contribution in [2.45, 2.75) is 133 Å². The first kappa shape index (κ1) is 60.8. The molecule has 74 heavy (non-hydrogen) atoms. The number of sulfonamides is 2. The summed E-state index contributed by atoms with van der Waals surface area (Å²) in [4.78, 5) is 56.9. The number of carbonyl (C=O) groups excluding carboxylic acids is 3. The number of carboxylic acid groups (broad SMARTS) is 1. The zero-order valence-corrected chi connectivity index (χ0v) is 46.1. The summed E-state index contributed by atoms with van der Waals surface area (Å²) in [7, 11) is -7.27. The van der Waals surface area contributed by atoms with Gasteiger partial charge in [-0.2, -0.15) is 21.8 Å². The third-order valence-corrected chi connectivity index (χ3v) is 17.9. The van der Waals surface area contributed by atoms with Crippen molar-refractivity contribution in [2.24, 2.45) is 32.7 Å². The summed E-state index contributed by atoms with van der Waals surface area (Å²) in [6, 6.07) is 12.6. The van der Waals surface area contributed by atoms with E-state index in [4.69, 9.17) is 43.1 Å². The van der Waals surface area contributed by atoms with Gasteiger partial charge in [0.1, 0.15) is 29.0 Å². The number of amides is 2. The summed E-state index contributed by atoms with van der Waals surface area (Å²) >= 11 is 11.9. The van der Waals surface area contributed by atoms with E-state index >= 15 is 0 Å². The standard InChI is InChI=1S/C24H35ClN4O3S.C18H23ClN4O3S.C6H12O.C2HF3O2/c1-23(2,3)9-13-28-12-5-6-18(17-28)21-26-22(30)24(27-21)10-14-29(15-11-24)33(31,32)20-8-4-7-19(25)16-20;19-14-4-1-5-15(11-14)27(25,26)23-9-6-18(7-10-23)17(24)21-16(22-18)13-3-2-8-20-12-13;1-6(2,3)4-5-7;3-2(4,5)1(6)7/h4,7-8,16,18H,5-6,9-15,17H2,1-3H3,(H,26,27,30);1,4-5,11,13,20H,2-3,6-10,12H2,(H,21,22,24);5H,4H2,1-3H3;(H,6,7). The smallest absolute Gasteiger partial charge is 0.475 e. The average molecular weight is 1120 g/mol. The van der Waals surface area contributed by atoms with Gasteiger partial charge in [0.2, 0.25) is 20.0 Å². The van der Waals surface area contributed by atoms with Crippen molar-refractivity contribution in [3.8, 4) is 0 Å². The Morgan fingerprint density at radius 1 is 0.743 bits per heavy atom. The second-order valence-corrected chi connectivity index (χ2v) is 26.7. The van der Waals surface area contributed by atoms with Crippen molar-refractivity contribution in [1.29, 1.82) is 0 Å². The molecule has 2 amide bonds. The van der Waals surface area contributed by atoms with Crippen LogP contribution in [0.15, 0.2) is 68.3 Å². The third-order valence-electron chi connectivity index (χ3n) is 13.7. The Hall–Kier alpha value is -4.03. The number of nitrogens with one attached hydrogen (secondary N) is 3. The van der Waals surface area contributed by atoms with E-state index in [9.17, 15) is 44.4 Å². The average Bonchev–Trinajstić information content (AvgIpc) is 3.82. The van der Waals surface area contributed by atoms with E-state index in [1.165, 1.54) is 20.7 Å². The number of rotatable bonds is 9. The quantitative estimate of drug-likeness (QED) is 0.184. The number of amidine groups is 2. The third kappa shape index (κ3) is 16.5. The van der Waals surface area contributed by atoms with Crippen LogP contribution >= 0.6 is 23.2 Å². The Morgan fingerprint density at radius 3 is 1.55 bits per heavy atom. The minimum atomic E-state index is -5.08. The van der Waals surface area contributed by atoms with Gasteiger partial charge in [-0.15, -0.1) is 0 Å². The predicted molar refractivity (Wildman–Crippen MR) is 278 cm³/mol. The number of aliphatic carboxylic acids is 1. The van der Waals surface area contributed by atoms with Crippen LogP contribution in [0.4, 0.5) is 13.2 Å². The van der Waals surface area contributed by atoms with E-state index in [-0.39, 0.29) is 65.0 Å². The zero-order chi connectivity index (χ0) is 54.9. The summed E-state index contributed by atoms with van der Waals surface area (Å²) in [5, 5.41) is 17.3. The molecule has 412 valence electrons. The van der Waals surface area contributed by atoms with Crippen molar-refractivity contribution in [3.63, 3.8) is 0 Å². The molecule has 6 heterocycles. The molecule has 4 saturated heterocycles. The maximum absolute atomic E-state index is 13.0. The van der Waals surface area contributed by atoms with E-state index in [1.807, 2.05) is 20.8 Å². The highest BCUT2D eigenvalue weighted by molar-refractivity contribution is 7.89. The first-order valence-electron chi connectivity index (χ1n) is 24.9. The minimum absolute atomic E-state index is 0.0795. The number of hydrogen-bond acceptors (Lipinski definition) is 12. The molecule has 0 aromatic heterocycles. The summed E-state index contributed by atoms with van der Waals surface area (Å²) in [6.07, 6.45) is 3.44. The topological polar surface area (TPSA) is 227 Å². The first-order chi connectivity index (χ1) is 34.4. The molecule has 2 atom stereocenters. The second kappa shape index (κ2) is 25.0. The number of hydrogen-bond donors (Lipinski definition) is 4. The van der Waals surface area contributed by atoms with Crippen LogP contribution in [0.25, 0.3) is 0 Å². The van der Waals surface area contributed by atoms with Crippen LogP contribution < -0.4 is 16.0 Å². The molecule has 2 aromatic carbocycles. The van der Waals surface area contributed by atoms with Gasteiger partial charge in [0, 0.05) is 67.6 Å². The molecule has 6 aliphatic rings. The van der Waals surface area contributed by atoms with Gasteiger partial charge in [0.15, 0.2) is 0 Å². The summed E-state index contributed by atoms with van der Waals surface area (Å²) in [6.45, 7) is 18.9. The van der Waals surface area contributed by atoms with Crippen molar-refractivity contribution >= 4 is 79.0 Å². The molecule has 17 nitrogen and oxygen atoms in total. The largest absolute Gasteiger partial charge is 0.490 e. The van der Waals surface area contributed by atoms with E-state index in [1.54, 1.807) is 36.4 Å². The molecule has 2 unspecified atom stereocenters. The minimum Gasteiger partial charge on any atom is -0.475 e. The monoisotopic (exact) mass is 1120 g/mol. The van der Waals surface area contributed by atoms with Gasteiger partial charge in [-0.25, -0.2) is 21.6 Å². The molecular weight excluding hydrogens is 1050 g/mol. The predicted octanol–water partition coefficient (Wildman–Crippen LogP) is 7.19. The van der Waals surface area contributed by atoms with E-state index in [0.29, 0.717) is 47.6 Å². The van der Waals surface area contributed by atoms with E-state index < -0.39 is 43.3 Å². The van der Waals surface area contributed by atoms with Gasteiger partial charge < -0.3 is 30.8 Å². The highest BCUT2D eigenvalue weighted by atomic mass is 35.5. The Kier molecular flexibility index (Phi) is 20.5. The highest BCUT2D eigenvalue weighted by Crippen LogP contribution is 2.37. The van der Waals surface area contributed by atoms with Crippen molar-refractivity contribution < 1.29 is 54.3 Å². The molecule has 4 fully saturated rings. The molecule has 0 bridgehead atoms. The van der Waals surface area contributed by atoms with Gasteiger partial charge in [-0.1, -0.05) is 76.9 Å². The Morgan fingerprint density at radius 2 is 1.19 bits per heavy atom. The van der Waals surface area contributed by atoms with Gasteiger partial charge in [-0.05, 0) is 125 Å². The van der Waals surface area contributed by atoms with Crippen LogP contribution in [-0.4, -0.2) is 147 Å². The second-order valence-electron chi connectivity index (χ2n) is 21.9. The van der Waals surface area contributed by atoms with Crippen molar-refractivity contribution in [2.75, 3.05) is 58.9 Å². The van der Waals surface area contributed by atoms with E-state index in [2.05, 4.69) is 41.6 Å². The lowest BCUT2D eigenvalue weighted by Crippen LogP contribution is -2.50. The molecule has 0 aliphatic carbocycles. The normalized spacial score (nSPS) is 22.6. The Balaban J connectivity index is 0.000000220. The van der Waals surface area contributed by atoms with Crippen molar-refractivity contribution in [3.05, 3.63) is 58.6 Å². The first-order valence-corrected chi connectivity index (χ1v) is 28.5. The van der Waals surface area contributed by atoms with Gasteiger partial charge >= 0.3 is 12.1 Å². The number of aliphatic imine (C=N–C) groups is 2. The number of carbonyl (C=O) groups is 4. The molecular formula is C50H71Cl2F3N8O9S2. The lowest BCUT2D eigenvalue weighted by molar-refractivity contribution is -0.192. The van der Waals surface area contributed by atoms with Gasteiger partial charge in [0.25, 0.3) is 11.8 Å². The Bertz CT molecular complexity index is 2600. The fourth-order valence-electron chi connectivity index (χ4n) is 9.20. The number of likely N-dealkylation sites (tertiary alicyclic amines) is 1. The number of carboxylic acids is 1. The Labute approximate surface area is 443 Å². The summed E-state index contributed by atoms with van der Waals surface area (Å²) < 4.78 is 86.4. The molecule has 4 N–H and O–H groups in total. The van der Waals surface area contributed by atoms with Crippen LogP contribution in [0.1, 0.15) is 106 Å².